The molecule has 0 radical (unpaired) electrons. The molecule has 2 aromatic rings. The fraction of sp³-hybridized carbons (Fsp3) is 0.333. The van der Waals surface area contributed by atoms with Crippen molar-refractivity contribution in [1.29, 1.82) is 0 Å². The average Bonchev–Trinajstić information content (AvgIpc) is 2.72. The lowest BCUT2D eigenvalue weighted by molar-refractivity contribution is 0.575. The molecule has 0 bridgehead atoms. The van der Waals surface area contributed by atoms with Gasteiger partial charge in [0.05, 0.1) is 4.90 Å². The summed E-state index contributed by atoms with van der Waals surface area (Å²) < 4.78 is 15.3. The van der Waals surface area contributed by atoms with E-state index in [-0.39, 0.29) is 17.5 Å². The minimum Gasteiger partial charge on any atom is -0.313 e. The molecule has 1 atom stereocenters. The van der Waals surface area contributed by atoms with Crippen LogP contribution in [0.4, 0.5) is 4.39 Å². The second-order valence-electron chi connectivity index (χ2n) is 4.14. The number of halogens is 1. The third kappa shape index (κ3) is 2.71. The Morgan fingerprint density at radius 1 is 1.53 bits per heavy atom. The normalized spacial score (nSPS) is 12.6. The van der Waals surface area contributed by atoms with E-state index in [0.717, 1.165) is 17.3 Å². The molecule has 0 saturated carbocycles. The fourth-order valence-electron chi connectivity index (χ4n) is 1.64. The molecule has 1 aromatic heterocycles. The molecule has 0 saturated heterocycles. The topological polar surface area (TPSA) is 62.7 Å². The molecule has 1 heterocycles. The van der Waals surface area contributed by atoms with Gasteiger partial charge in [0.1, 0.15) is 5.82 Å². The van der Waals surface area contributed by atoms with Crippen LogP contribution >= 0.6 is 11.8 Å². The van der Waals surface area contributed by atoms with Crippen molar-refractivity contribution in [2.45, 2.75) is 23.0 Å². The van der Waals surface area contributed by atoms with Crippen molar-refractivity contribution in [1.82, 2.24) is 20.1 Å². The number of hydrogen-bond acceptors (Lipinski definition) is 4. The first-order valence-corrected chi connectivity index (χ1v) is 6.61. The van der Waals surface area contributed by atoms with Gasteiger partial charge in [-0.05, 0) is 37.4 Å². The highest BCUT2D eigenvalue weighted by molar-refractivity contribution is 7.99. The molecule has 19 heavy (non-hydrogen) atoms. The molecule has 1 unspecified atom stereocenters. The summed E-state index contributed by atoms with van der Waals surface area (Å²) >= 11 is 1.14. The van der Waals surface area contributed by atoms with E-state index >= 15 is 0 Å². The Morgan fingerprint density at radius 2 is 2.26 bits per heavy atom. The van der Waals surface area contributed by atoms with Gasteiger partial charge in [0.2, 0.25) is 0 Å². The van der Waals surface area contributed by atoms with Crippen molar-refractivity contribution in [3.63, 3.8) is 0 Å². The van der Waals surface area contributed by atoms with Crippen molar-refractivity contribution in [3.8, 4) is 0 Å². The smallest absolute Gasteiger partial charge is 0.313 e. The Hall–Kier alpha value is -1.60. The monoisotopic (exact) mass is 282 g/mol. The van der Waals surface area contributed by atoms with E-state index in [1.54, 1.807) is 13.1 Å². The van der Waals surface area contributed by atoms with Crippen LogP contribution in [0.2, 0.25) is 0 Å². The van der Waals surface area contributed by atoms with Gasteiger partial charge in [-0.25, -0.2) is 14.3 Å². The summed E-state index contributed by atoms with van der Waals surface area (Å²) in [5.41, 5.74) is 0.519. The lowest BCUT2D eigenvalue weighted by Gasteiger charge is -2.15. The van der Waals surface area contributed by atoms with Crippen LogP contribution in [-0.2, 0) is 7.05 Å². The SMILES string of the molecule is CNC(C)c1cccc(F)c1Sc1n[nH]c(=O)n1C. The molecule has 5 nitrogen and oxygen atoms in total. The minimum atomic E-state index is -0.319. The summed E-state index contributed by atoms with van der Waals surface area (Å²) in [6.45, 7) is 1.95. The van der Waals surface area contributed by atoms with Gasteiger partial charge in [-0.1, -0.05) is 12.1 Å². The maximum Gasteiger partial charge on any atom is 0.343 e. The third-order valence-electron chi connectivity index (χ3n) is 2.93. The first-order chi connectivity index (χ1) is 9.04. The largest absolute Gasteiger partial charge is 0.343 e. The molecule has 0 aliphatic heterocycles. The van der Waals surface area contributed by atoms with E-state index in [2.05, 4.69) is 15.5 Å². The summed E-state index contributed by atoms with van der Waals surface area (Å²) in [5, 5.41) is 9.73. The van der Waals surface area contributed by atoms with Gasteiger partial charge in [0, 0.05) is 13.1 Å². The molecule has 0 amide bonds. The average molecular weight is 282 g/mol. The van der Waals surface area contributed by atoms with Crippen LogP contribution in [0.5, 0.6) is 0 Å². The first kappa shape index (κ1) is 13.8. The van der Waals surface area contributed by atoms with E-state index < -0.39 is 0 Å². The number of nitrogens with zero attached hydrogens (tertiary/aromatic N) is 2. The lowest BCUT2D eigenvalue weighted by Crippen LogP contribution is -2.14. The van der Waals surface area contributed by atoms with Gasteiger partial charge in [-0.15, -0.1) is 5.10 Å². The highest BCUT2D eigenvalue weighted by atomic mass is 32.2. The molecule has 0 spiro atoms. The standard InChI is InChI=1S/C12H15FN4OS/c1-7(14-2)8-5-4-6-9(13)10(8)19-12-16-15-11(18)17(12)3/h4-7,14H,1-3H3,(H,15,18). The Balaban J connectivity index is 2.44. The number of nitrogens with one attached hydrogen (secondary N) is 2. The Morgan fingerprint density at radius 3 is 2.84 bits per heavy atom. The highest BCUT2D eigenvalue weighted by Crippen LogP contribution is 2.33. The molecule has 2 N–H and O–H groups in total. The zero-order chi connectivity index (χ0) is 14.0. The molecule has 0 aliphatic carbocycles. The summed E-state index contributed by atoms with van der Waals surface area (Å²) in [6.07, 6.45) is 0. The van der Waals surface area contributed by atoms with Crippen molar-refractivity contribution in [2.24, 2.45) is 7.05 Å². The lowest BCUT2D eigenvalue weighted by atomic mass is 10.1. The highest BCUT2D eigenvalue weighted by Gasteiger charge is 2.17. The molecule has 0 fully saturated rings. The predicted molar refractivity (Wildman–Crippen MR) is 71.8 cm³/mol. The number of aromatic nitrogens is 3. The summed E-state index contributed by atoms with van der Waals surface area (Å²) in [4.78, 5) is 11.8. The first-order valence-electron chi connectivity index (χ1n) is 5.79. The third-order valence-corrected chi connectivity index (χ3v) is 4.11. The van der Waals surface area contributed by atoms with Crippen molar-refractivity contribution < 1.29 is 4.39 Å². The van der Waals surface area contributed by atoms with Gasteiger partial charge in [0.15, 0.2) is 5.16 Å². The van der Waals surface area contributed by atoms with Gasteiger partial charge in [-0.3, -0.25) is 4.57 Å². The van der Waals surface area contributed by atoms with Crippen molar-refractivity contribution in [2.75, 3.05) is 7.05 Å². The van der Waals surface area contributed by atoms with Crippen LogP contribution in [0.3, 0.4) is 0 Å². The Bertz CT molecular complexity index is 637. The van der Waals surface area contributed by atoms with Crippen LogP contribution in [0.25, 0.3) is 0 Å². The maximum absolute atomic E-state index is 14.0. The maximum atomic E-state index is 14.0. The van der Waals surface area contributed by atoms with E-state index in [1.165, 1.54) is 10.6 Å². The molecular formula is C12H15FN4OS. The summed E-state index contributed by atoms with van der Waals surface area (Å²) in [6, 6.07) is 4.94. The molecule has 102 valence electrons. The van der Waals surface area contributed by atoms with Crippen LogP contribution in [0.15, 0.2) is 33.0 Å². The quantitative estimate of drug-likeness (QED) is 0.895. The Labute approximate surface area is 114 Å². The van der Waals surface area contributed by atoms with Crippen LogP contribution in [0.1, 0.15) is 18.5 Å². The van der Waals surface area contributed by atoms with Gasteiger partial charge in [0.25, 0.3) is 0 Å². The number of H-pyrrole nitrogens is 1. The van der Waals surface area contributed by atoms with E-state index in [1.807, 2.05) is 20.0 Å². The van der Waals surface area contributed by atoms with Crippen molar-refractivity contribution in [3.05, 3.63) is 40.1 Å². The van der Waals surface area contributed by atoms with Crippen LogP contribution < -0.4 is 11.0 Å². The van der Waals surface area contributed by atoms with E-state index in [9.17, 15) is 9.18 Å². The van der Waals surface area contributed by atoms with E-state index in [4.69, 9.17) is 0 Å². The van der Waals surface area contributed by atoms with Gasteiger partial charge >= 0.3 is 5.69 Å². The van der Waals surface area contributed by atoms with Crippen LogP contribution in [0, 0.1) is 5.82 Å². The van der Waals surface area contributed by atoms with Gasteiger partial charge in [-0.2, -0.15) is 0 Å². The molecule has 2 rings (SSSR count). The zero-order valence-electron chi connectivity index (χ0n) is 10.9. The molecule has 0 aliphatic rings. The number of hydrogen-bond donors (Lipinski definition) is 2. The summed E-state index contributed by atoms with van der Waals surface area (Å²) in [7, 11) is 3.41. The predicted octanol–water partition coefficient (Wildman–Crippen LogP) is 1.68. The second kappa shape index (κ2) is 5.58. The number of rotatable bonds is 4. The minimum absolute atomic E-state index is 0.00849. The fourth-order valence-corrected chi connectivity index (χ4v) is 2.67. The number of benzene rings is 1. The Kier molecular flexibility index (Phi) is 4.06. The summed E-state index contributed by atoms with van der Waals surface area (Å²) in [5.74, 6) is -0.319. The van der Waals surface area contributed by atoms with Crippen LogP contribution in [-0.4, -0.2) is 21.8 Å². The molecule has 7 heteroatoms. The number of aromatic amines is 1. The van der Waals surface area contributed by atoms with Gasteiger partial charge < -0.3 is 5.32 Å². The van der Waals surface area contributed by atoms with E-state index in [0.29, 0.717) is 10.1 Å². The molecule has 1 aromatic carbocycles. The zero-order valence-corrected chi connectivity index (χ0v) is 11.7. The van der Waals surface area contributed by atoms with Crippen molar-refractivity contribution >= 4 is 11.8 Å². The second-order valence-corrected chi connectivity index (χ2v) is 5.12. The molecular weight excluding hydrogens is 267 g/mol.